The molecule has 3 rings (SSSR count). The van der Waals surface area contributed by atoms with Gasteiger partial charge in [-0.15, -0.1) is 0 Å². The molecule has 1 aromatic heterocycles. The fourth-order valence-corrected chi connectivity index (χ4v) is 5.75. The number of rotatable bonds is 7. The van der Waals surface area contributed by atoms with Crippen molar-refractivity contribution in [2.75, 3.05) is 13.1 Å². The molecule has 0 radical (unpaired) electrons. The number of carbonyl (C=O) groups excluding carboxylic acids is 1. The van der Waals surface area contributed by atoms with E-state index in [1.165, 1.54) is 39.9 Å². The molecule has 1 amide bonds. The number of carbonyl (C=O) groups is 1. The van der Waals surface area contributed by atoms with Crippen LogP contribution in [0.2, 0.25) is 0 Å². The van der Waals surface area contributed by atoms with Crippen LogP contribution < -0.4 is 4.80 Å². The second kappa shape index (κ2) is 9.02. The van der Waals surface area contributed by atoms with Crippen molar-refractivity contribution in [2.24, 2.45) is 12.0 Å². The van der Waals surface area contributed by atoms with Crippen molar-refractivity contribution in [3.05, 3.63) is 58.9 Å². The normalized spacial score (nSPS) is 12.8. The number of aryl methyl sites for hydroxylation is 1. The van der Waals surface area contributed by atoms with E-state index in [2.05, 4.69) is 4.99 Å². The van der Waals surface area contributed by atoms with Crippen LogP contribution in [0.15, 0.2) is 58.4 Å². The first-order chi connectivity index (χ1) is 13.9. The van der Waals surface area contributed by atoms with Gasteiger partial charge in [-0.25, -0.2) is 8.42 Å². The molecule has 2 aromatic carbocycles. The van der Waals surface area contributed by atoms with E-state index in [0.29, 0.717) is 23.5 Å². The molecule has 6 nitrogen and oxygen atoms in total. The molecule has 0 N–H and O–H groups in total. The Hall–Kier alpha value is -2.29. The van der Waals surface area contributed by atoms with Gasteiger partial charge in [-0.05, 0) is 49.2 Å². The molecule has 0 unspecified atom stereocenters. The summed E-state index contributed by atoms with van der Waals surface area (Å²) in [4.78, 5) is 17.6. The molecular weight excluding hydrogens is 406 g/mol. The summed E-state index contributed by atoms with van der Waals surface area (Å²) in [7, 11) is -1.69. The van der Waals surface area contributed by atoms with Gasteiger partial charge >= 0.3 is 0 Å². The lowest BCUT2D eigenvalue weighted by Crippen LogP contribution is -2.32. The van der Waals surface area contributed by atoms with Crippen LogP contribution in [0.25, 0.3) is 10.2 Å². The predicted molar refractivity (Wildman–Crippen MR) is 116 cm³/mol. The molecule has 0 aliphatic rings. The number of fused-ring (bicyclic) bond motifs is 1. The lowest BCUT2D eigenvalue weighted by molar-refractivity contribution is 0.0998. The Balaban J connectivity index is 1.89. The smallest absolute Gasteiger partial charge is 0.279 e. The van der Waals surface area contributed by atoms with E-state index in [9.17, 15) is 13.2 Å². The first-order valence-corrected chi connectivity index (χ1v) is 11.9. The van der Waals surface area contributed by atoms with Crippen LogP contribution in [0.5, 0.6) is 0 Å². The highest BCUT2D eigenvalue weighted by Gasteiger charge is 2.23. The van der Waals surface area contributed by atoms with Crippen molar-refractivity contribution in [3.63, 3.8) is 0 Å². The molecule has 154 valence electrons. The van der Waals surface area contributed by atoms with Crippen LogP contribution in [0, 0.1) is 0 Å². The SMILES string of the molecule is CCCN(CCC)S(=O)(=O)c1ccc(C(=O)N=c2sc3ccccc3n2C)cc1. The first kappa shape index (κ1) is 21.4. The third-order valence-electron chi connectivity index (χ3n) is 4.60. The molecule has 0 saturated carbocycles. The standard InChI is InChI=1S/C21H25N3O3S2/c1-4-14-24(15-5-2)29(26,27)17-12-10-16(11-13-17)20(25)22-21-23(3)18-8-6-7-9-19(18)28-21/h6-13H,4-5,14-15H2,1-3H3. The summed E-state index contributed by atoms with van der Waals surface area (Å²) in [6.45, 7) is 4.87. The van der Waals surface area contributed by atoms with E-state index in [1.54, 1.807) is 0 Å². The average molecular weight is 432 g/mol. The molecule has 0 spiro atoms. The summed E-state index contributed by atoms with van der Waals surface area (Å²) < 4.78 is 30.1. The fourth-order valence-electron chi connectivity index (χ4n) is 3.11. The van der Waals surface area contributed by atoms with Crippen molar-refractivity contribution in [2.45, 2.75) is 31.6 Å². The number of aromatic nitrogens is 1. The number of benzene rings is 2. The highest BCUT2D eigenvalue weighted by Crippen LogP contribution is 2.18. The van der Waals surface area contributed by atoms with Crippen LogP contribution in [-0.4, -0.2) is 36.3 Å². The molecular formula is C21H25N3O3S2. The molecule has 3 aromatic rings. The van der Waals surface area contributed by atoms with Crippen LogP contribution in [0.4, 0.5) is 0 Å². The number of thiazole rings is 1. The van der Waals surface area contributed by atoms with Gasteiger partial charge in [-0.2, -0.15) is 9.30 Å². The molecule has 0 aliphatic heterocycles. The van der Waals surface area contributed by atoms with Crippen LogP contribution in [0.3, 0.4) is 0 Å². The lowest BCUT2D eigenvalue weighted by Gasteiger charge is -2.21. The van der Waals surface area contributed by atoms with E-state index < -0.39 is 15.9 Å². The Morgan fingerprint density at radius 2 is 1.66 bits per heavy atom. The molecule has 1 heterocycles. The minimum Gasteiger partial charge on any atom is -0.319 e. The molecule has 0 saturated heterocycles. The highest BCUT2D eigenvalue weighted by atomic mass is 32.2. The summed E-state index contributed by atoms with van der Waals surface area (Å²) in [6, 6.07) is 13.9. The zero-order chi connectivity index (χ0) is 21.0. The molecule has 0 atom stereocenters. The number of hydrogen-bond donors (Lipinski definition) is 0. The topological polar surface area (TPSA) is 71.7 Å². The summed E-state index contributed by atoms with van der Waals surface area (Å²) >= 11 is 1.44. The van der Waals surface area contributed by atoms with Crippen LogP contribution >= 0.6 is 11.3 Å². The Kier molecular flexibility index (Phi) is 6.66. The Morgan fingerprint density at radius 3 is 2.24 bits per heavy atom. The molecule has 8 heteroatoms. The fraction of sp³-hybridized carbons (Fsp3) is 0.333. The van der Waals surface area contributed by atoms with Crippen LogP contribution in [-0.2, 0) is 17.1 Å². The summed E-state index contributed by atoms with van der Waals surface area (Å²) in [6.07, 6.45) is 1.50. The number of para-hydroxylation sites is 1. The number of sulfonamides is 1. The minimum absolute atomic E-state index is 0.198. The second-order valence-corrected chi connectivity index (χ2v) is 9.70. The predicted octanol–water partition coefficient (Wildman–Crippen LogP) is 3.79. The summed E-state index contributed by atoms with van der Waals surface area (Å²) in [5, 5.41) is 0. The quantitative estimate of drug-likeness (QED) is 0.571. The molecule has 0 fully saturated rings. The van der Waals surface area contributed by atoms with Crippen molar-refractivity contribution >= 4 is 37.5 Å². The van der Waals surface area contributed by atoms with Crippen molar-refractivity contribution < 1.29 is 13.2 Å². The van der Waals surface area contributed by atoms with E-state index in [4.69, 9.17) is 0 Å². The van der Waals surface area contributed by atoms with E-state index in [1.807, 2.05) is 49.7 Å². The largest absolute Gasteiger partial charge is 0.319 e. The van der Waals surface area contributed by atoms with Gasteiger partial charge in [0.1, 0.15) is 0 Å². The van der Waals surface area contributed by atoms with Crippen LogP contribution in [0.1, 0.15) is 37.0 Å². The van der Waals surface area contributed by atoms with Crippen molar-refractivity contribution in [1.29, 1.82) is 0 Å². The number of nitrogens with zero attached hydrogens (tertiary/aromatic N) is 3. The third kappa shape index (κ3) is 4.49. The van der Waals surface area contributed by atoms with Crippen molar-refractivity contribution in [3.8, 4) is 0 Å². The maximum Gasteiger partial charge on any atom is 0.279 e. The van der Waals surface area contributed by atoms with Gasteiger partial charge in [0, 0.05) is 25.7 Å². The zero-order valence-corrected chi connectivity index (χ0v) is 18.5. The van der Waals surface area contributed by atoms with Gasteiger partial charge in [0.25, 0.3) is 5.91 Å². The summed E-state index contributed by atoms with van der Waals surface area (Å²) in [5.74, 6) is -0.393. The summed E-state index contributed by atoms with van der Waals surface area (Å²) in [5.41, 5.74) is 1.37. The Labute approximate surface area is 175 Å². The first-order valence-electron chi connectivity index (χ1n) is 9.62. The van der Waals surface area contributed by atoms with Gasteiger partial charge in [0.2, 0.25) is 10.0 Å². The van der Waals surface area contributed by atoms with E-state index in [-0.39, 0.29) is 4.90 Å². The van der Waals surface area contributed by atoms with Gasteiger partial charge in [0.15, 0.2) is 4.80 Å². The molecule has 29 heavy (non-hydrogen) atoms. The molecule has 0 bridgehead atoms. The van der Waals surface area contributed by atoms with E-state index >= 15 is 0 Å². The number of hydrogen-bond acceptors (Lipinski definition) is 4. The Morgan fingerprint density at radius 1 is 1.03 bits per heavy atom. The zero-order valence-electron chi connectivity index (χ0n) is 16.8. The third-order valence-corrected chi connectivity index (χ3v) is 7.62. The van der Waals surface area contributed by atoms with Crippen molar-refractivity contribution in [1.82, 2.24) is 8.87 Å². The highest BCUT2D eigenvalue weighted by molar-refractivity contribution is 7.89. The second-order valence-electron chi connectivity index (χ2n) is 6.76. The van der Waals surface area contributed by atoms with Gasteiger partial charge in [-0.3, -0.25) is 4.79 Å². The molecule has 0 aliphatic carbocycles. The average Bonchev–Trinajstić information content (AvgIpc) is 3.03. The monoisotopic (exact) mass is 431 g/mol. The van der Waals surface area contributed by atoms with Gasteiger partial charge in [-0.1, -0.05) is 37.3 Å². The number of amides is 1. The minimum atomic E-state index is -3.56. The van der Waals surface area contributed by atoms with Gasteiger partial charge < -0.3 is 4.57 Å². The van der Waals surface area contributed by atoms with E-state index in [0.717, 1.165) is 23.1 Å². The maximum atomic E-state index is 12.8. The van der Waals surface area contributed by atoms with Gasteiger partial charge in [0.05, 0.1) is 15.1 Å². The maximum absolute atomic E-state index is 12.8. The Bertz CT molecular complexity index is 1170. The lowest BCUT2D eigenvalue weighted by atomic mass is 10.2.